The van der Waals surface area contributed by atoms with Gasteiger partial charge in [0, 0.05) is 26.1 Å². The lowest BCUT2D eigenvalue weighted by molar-refractivity contribution is -0.134. The third-order valence-corrected chi connectivity index (χ3v) is 4.43. The standard InChI is InChI=1S/C17H36N2O2/c1-7-14(2)19(12-13-21-6)16(20)9-8-15(10-11-18)17(3,4)5/h14-15H,7-13,18H2,1-6H3. The molecular formula is C17H36N2O2. The Hall–Kier alpha value is -0.610. The summed E-state index contributed by atoms with van der Waals surface area (Å²) in [5.74, 6) is 0.736. The molecule has 2 N–H and O–H groups in total. The maximum Gasteiger partial charge on any atom is 0.222 e. The largest absolute Gasteiger partial charge is 0.383 e. The van der Waals surface area contributed by atoms with Crippen LogP contribution in [0.4, 0.5) is 0 Å². The van der Waals surface area contributed by atoms with E-state index in [0.29, 0.717) is 32.0 Å². The van der Waals surface area contributed by atoms with Gasteiger partial charge in [-0.1, -0.05) is 27.7 Å². The Morgan fingerprint density at radius 1 is 1.29 bits per heavy atom. The van der Waals surface area contributed by atoms with Crippen molar-refractivity contribution in [2.45, 2.75) is 66.3 Å². The molecule has 1 amide bonds. The van der Waals surface area contributed by atoms with Gasteiger partial charge in [0.25, 0.3) is 0 Å². The second-order valence-corrected chi connectivity index (χ2v) is 7.02. The highest BCUT2D eigenvalue weighted by atomic mass is 16.5. The molecule has 0 rings (SSSR count). The number of hydrogen-bond donors (Lipinski definition) is 1. The first-order valence-electron chi connectivity index (χ1n) is 8.26. The van der Waals surface area contributed by atoms with Crippen LogP contribution in [0.2, 0.25) is 0 Å². The van der Waals surface area contributed by atoms with Gasteiger partial charge in [0.2, 0.25) is 5.91 Å². The van der Waals surface area contributed by atoms with E-state index >= 15 is 0 Å². The second kappa shape index (κ2) is 10.2. The van der Waals surface area contributed by atoms with E-state index < -0.39 is 0 Å². The Balaban J connectivity index is 4.58. The van der Waals surface area contributed by atoms with Gasteiger partial charge in [-0.05, 0) is 44.1 Å². The first kappa shape index (κ1) is 20.4. The molecule has 0 aromatic heterocycles. The summed E-state index contributed by atoms with van der Waals surface area (Å²) in [5.41, 5.74) is 5.92. The van der Waals surface area contributed by atoms with Crippen molar-refractivity contribution in [1.82, 2.24) is 4.90 Å². The third kappa shape index (κ3) is 7.82. The van der Waals surface area contributed by atoms with Crippen LogP contribution < -0.4 is 5.73 Å². The molecule has 0 fully saturated rings. The molecule has 2 atom stereocenters. The number of amides is 1. The minimum atomic E-state index is 0.202. The molecule has 0 aromatic rings. The first-order valence-corrected chi connectivity index (χ1v) is 8.26. The summed E-state index contributed by atoms with van der Waals surface area (Å²) in [7, 11) is 1.68. The number of nitrogens with two attached hydrogens (primary N) is 1. The Bertz CT molecular complexity index is 287. The average Bonchev–Trinajstić information content (AvgIpc) is 2.42. The monoisotopic (exact) mass is 300 g/mol. The van der Waals surface area contributed by atoms with Gasteiger partial charge in [-0.25, -0.2) is 0 Å². The Morgan fingerprint density at radius 2 is 1.90 bits per heavy atom. The smallest absolute Gasteiger partial charge is 0.222 e. The van der Waals surface area contributed by atoms with Crippen molar-refractivity contribution in [1.29, 1.82) is 0 Å². The lowest BCUT2D eigenvalue weighted by Crippen LogP contribution is -2.40. The maximum atomic E-state index is 12.5. The molecule has 0 aliphatic heterocycles. The molecule has 21 heavy (non-hydrogen) atoms. The van der Waals surface area contributed by atoms with E-state index in [1.165, 1.54) is 0 Å². The highest BCUT2D eigenvalue weighted by Gasteiger charge is 2.26. The van der Waals surface area contributed by atoms with Gasteiger partial charge < -0.3 is 15.4 Å². The van der Waals surface area contributed by atoms with Crippen molar-refractivity contribution in [3.8, 4) is 0 Å². The van der Waals surface area contributed by atoms with Crippen molar-refractivity contribution in [2.75, 3.05) is 26.8 Å². The Kier molecular flexibility index (Phi) is 9.88. The van der Waals surface area contributed by atoms with Crippen LogP contribution in [0.5, 0.6) is 0 Å². The van der Waals surface area contributed by atoms with Gasteiger partial charge in [0.15, 0.2) is 0 Å². The SMILES string of the molecule is CCC(C)N(CCOC)C(=O)CCC(CCN)C(C)(C)C. The summed E-state index contributed by atoms with van der Waals surface area (Å²) in [4.78, 5) is 14.5. The third-order valence-electron chi connectivity index (χ3n) is 4.43. The molecule has 0 aliphatic carbocycles. The van der Waals surface area contributed by atoms with E-state index in [9.17, 15) is 4.79 Å². The van der Waals surface area contributed by atoms with Crippen LogP contribution in [0.15, 0.2) is 0 Å². The summed E-state index contributed by atoms with van der Waals surface area (Å²) in [5, 5.41) is 0. The minimum absolute atomic E-state index is 0.202. The molecule has 0 radical (unpaired) electrons. The van der Waals surface area contributed by atoms with Crippen LogP contribution in [-0.4, -0.2) is 43.7 Å². The lowest BCUT2D eigenvalue weighted by Gasteiger charge is -2.32. The predicted molar refractivity (Wildman–Crippen MR) is 89.2 cm³/mol. The molecule has 0 saturated heterocycles. The molecule has 0 heterocycles. The van der Waals surface area contributed by atoms with Crippen molar-refractivity contribution < 1.29 is 9.53 Å². The zero-order chi connectivity index (χ0) is 16.5. The van der Waals surface area contributed by atoms with Gasteiger partial charge >= 0.3 is 0 Å². The predicted octanol–water partition coefficient (Wildman–Crippen LogP) is 3.05. The van der Waals surface area contributed by atoms with Crippen molar-refractivity contribution >= 4 is 5.91 Å². The number of ether oxygens (including phenoxy) is 1. The summed E-state index contributed by atoms with van der Waals surface area (Å²) >= 11 is 0. The van der Waals surface area contributed by atoms with Crippen LogP contribution in [-0.2, 0) is 9.53 Å². The second-order valence-electron chi connectivity index (χ2n) is 7.02. The molecular weight excluding hydrogens is 264 g/mol. The molecule has 0 bridgehead atoms. The van der Waals surface area contributed by atoms with Gasteiger partial charge in [0.1, 0.15) is 0 Å². The molecule has 4 nitrogen and oxygen atoms in total. The minimum Gasteiger partial charge on any atom is -0.383 e. The maximum absolute atomic E-state index is 12.5. The molecule has 2 unspecified atom stereocenters. The Morgan fingerprint density at radius 3 is 2.33 bits per heavy atom. The number of methoxy groups -OCH3 is 1. The topological polar surface area (TPSA) is 55.6 Å². The van der Waals surface area contributed by atoms with Crippen LogP contribution in [0.3, 0.4) is 0 Å². The summed E-state index contributed by atoms with van der Waals surface area (Å²) < 4.78 is 5.13. The van der Waals surface area contributed by atoms with E-state index in [-0.39, 0.29) is 17.4 Å². The normalized spacial score (nSPS) is 14.8. The number of rotatable bonds is 10. The quantitative estimate of drug-likeness (QED) is 0.674. The van der Waals surface area contributed by atoms with Crippen molar-refractivity contribution in [3.63, 3.8) is 0 Å². The summed E-state index contributed by atoms with van der Waals surface area (Å²) in [6.07, 6.45) is 3.48. The van der Waals surface area contributed by atoms with Gasteiger partial charge in [0.05, 0.1) is 6.61 Å². The molecule has 126 valence electrons. The van der Waals surface area contributed by atoms with Crippen LogP contribution in [0.25, 0.3) is 0 Å². The lowest BCUT2D eigenvalue weighted by atomic mass is 9.76. The molecule has 4 heteroatoms. The van der Waals surface area contributed by atoms with E-state index in [1.54, 1.807) is 7.11 Å². The van der Waals surface area contributed by atoms with Gasteiger partial charge in [-0.15, -0.1) is 0 Å². The van der Waals surface area contributed by atoms with E-state index in [0.717, 1.165) is 19.3 Å². The fourth-order valence-electron chi connectivity index (χ4n) is 2.65. The Labute approximate surface area is 131 Å². The van der Waals surface area contributed by atoms with Crippen LogP contribution in [0.1, 0.15) is 60.3 Å². The molecule has 0 aliphatic rings. The van der Waals surface area contributed by atoms with E-state index in [1.807, 2.05) is 4.90 Å². The average molecular weight is 300 g/mol. The van der Waals surface area contributed by atoms with Crippen molar-refractivity contribution in [2.24, 2.45) is 17.1 Å². The number of nitrogens with zero attached hydrogens (tertiary/aromatic N) is 1. The van der Waals surface area contributed by atoms with E-state index in [4.69, 9.17) is 10.5 Å². The summed E-state index contributed by atoms with van der Waals surface area (Å²) in [6.45, 7) is 12.9. The fraction of sp³-hybridized carbons (Fsp3) is 0.941. The highest BCUT2D eigenvalue weighted by molar-refractivity contribution is 5.76. The van der Waals surface area contributed by atoms with Gasteiger partial charge in [-0.2, -0.15) is 0 Å². The van der Waals surface area contributed by atoms with Crippen LogP contribution >= 0.6 is 0 Å². The molecule has 0 spiro atoms. The van der Waals surface area contributed by atoms with Crippen LogP contribution in [0, 0.1) is 11.3 Å². The first-order chi connectivity index (χ1) is 9.77. The van der Waals surface area contributed by atoms with Gasteiger partial charge in [-0.3, -0.25) is 4.79 Å². The summed E-state index contributed by atoms with van der Waals surface area (Å²) in [6, 6.07) is 0.273. The number of carbonyl (C=O) groups excluding carboxylic acids is 1. The van der Waals surface area contributed by atoms with E-state index in [2.05, 4.69) is 34.6 Å². The van der Waals surface area contributed by atoms with Crippen molar-refractivity contribution in [3.05, 3.63) is 0 Å². The highest BCUT2D eigenvalue weighted by Crippen LogP contribution is 2.32. The molecule has 0 saturated carbocycles. The number of carbonyl (C=O) groups is 1. The zero-order valence-electron chi connectivity index (χ0n) is 14.9. The number of hydrogen-bond acceptors (Lipinski definition) is 3. The zero-order valence-corrected chi connectivity index (χ0v) is 14.9. The molecule has 0 aromatic carbocycles. The fourth-order valence-corrected chi connectivity index (χ4v) is 2.65.